The first-order valence-corrected chi connectivity index (χ1v) is 10.5. The predicted molar refractivity (Wildman–Crippen MR) is 118 cm³/mol. The molecule has 30 heavy (non-hydrogen) atoms. The number of nitrogens with zero attached hydrogens (tertiary/aromatic N) is 3. The maximum atomic E-state index is 10.5. The van der Waals surface area contributed by atoms with Crippen LogP contribution in [0.25, 0.3) is 10.9 Å². The number of halogens is 2. The summed E-state index contributed by atoms with van der Waals surface area (Å²) in [5, 5.41) is 15.3. The number of aromatic hydroxyl groups is 1. The zero-order chi connectivity index (χ0) is 21.1. The molecule has 0 spiro atoms. The summed E-state index contributed by atoms with van der Waals surface area (Å²) in [5.41, 5.74) is 1.36. The minimum absolute atomic E-state index is 0.0117. The monoisotopic (exact) mass is 448 g/mol. The number of phenols is 1. The van der Waals surface area contributed by atoms with E-state index in [1.54, 1.807) is 30.3 Å². The molecule has 158 valence electrons. The van der Waals surface area contributed by atoms with Gasteiger partial charge in [0.2, 0.25) is 0 Å². The zero-order valence-corrected chi connectivity index (χ0v) is 18.0. The highest BCUT2D eigenvalue weighted by Gasteiger charge is 2.20. The van der Waals surface area contributed by atoms with E-state index in [9.17, 15) is 5.11 Å². The van der Waals surface area contributed by atoms with E-state index in [2.05, 4.69) is 27.1 Å². The van der Waals surface area contributed by atoms with Crippen molar-refractivity contribution in [3.63, 3.8) is 0 Å². The van der Waals surface area contributed by atoms with Crippen molar-refractivity contribution in [3.8, 4) is 11.5 Å². The number of ether oxygens (including phenoxy) is 2. The number of rotatable bonds is 6. The maximum absolute atomic E-state index is 10.5. The van der Waals surface area contributed by atoms with Crippen LogP contribution in [0.4, 0.5) is 11.5 Å². The molecule has 1 aliphatic heterocycles. The molecule has 0 aliphatic carbocycles. The molecule has 1 unspecified atom stereocenters. The topological polar surface area (TPSA) is 79.7 Å². The Morgan fingerprint density at radius 3 is 2.90 bits per heavy atom. The van der Waals surface area contributed by atoms with Gasteiger partial charge in [0, 0.05) is 30.2 Å². The molecule has 4 rings (SSSR count). The molecular formula is C21H22Cl2N4O3. The second-order valence-corrected chi connectivity index (χ2v) is 7.82. The highest BCUT2D eigenvalue weighted by Crippen LogP contribution is 2.35. The number of likely N-dealkylation sites (N-methyl/N-ethyl adjacent to an activating group) is 1. The van der Waals surface area contributed by atoms with E-state index >= 15 is 0 Å². The first-order chi connectivity index (χ1) is 14.5. The molecule has 9 heteroatoms. The van der Waals surface area contributed by atoms with Gasteiger partial charge in [-0.1, -0.05) is 30.1 Å². The Bertz CT molecular complexity index is 1050. The Kier molecular flexibility index (Phi) is 6.43. The minimum Gasteiger partial charge on any atom is -0.504 e. The van der Waals surface area contributed by atoms with Crippen LogP contribution in [0, 0.1) is 0 Å². The molecule has 0 bridgehead atoms. The van der Waals surface area contributed by atoms with Crippen LogP contribution in [0.15, 0.2) is 36.7 Å². The lowest BCUT2D eigenvalue weighted by molar-refractivity contribution is -0.0466. The van der Waals surface area contributed by atoms with Gasteiger partial charge in [-0.05, 0) is 30.8 Å². The first kappa shape index (κ1) is 20.9. The van der Waals surface area contributed by atoms with Gasteiger partial charge in [-0.2, -0.15) is 0 Å². The molecule has 0 radical (unpaired) electrons. The number of hydrogen-bond donors (Lipinski definition) is 2. The molecule has 0 saturated carbocycles. The van der Waals surface area contributed by atoms with E-state index in [0.717, 1.165) is 25.3 Å². The fourth-order valence-electron chi connectivity index (χ4n) is 3.35. The van der Waals surface area contributed by atoms with Gasteiger partial charge >= 0.3 is 0 Å². The highest BCUT2D eigenvalue weighted by atomic mass is 35.5. The van der Waals surface area contributed by atoms with Crippen LogP contribution in [-0.4, -0.2) is 58.9 Å². The summed E-state index contributed by atoms with van der Waals surface area (Å²) in [7, 11) is 0. The molecule has 3 aromatic rings. The van der Waals surface area contributed by atoms with Crippen molar-refractivity contribution in [2.45, 2.75) is 13.0 Å². The molecule has 1 aromatic heterocycles. The standard InChI is InChI=1S/C21H22Cl2N4O3/c1-2-27-5-6-29-14(10-27)11-30-20-9-18-15(8-19(20)28)21(25-12-24-18)26-13-3-4-16(22)17(23)7-13/h3-4,7-9,12,14,28H,2,5-6,10-11H2,1H3,(H,24,25,26). The van der Waals surface area contributed by atoms with Crippen LogP contribution in [0.1, 0.15) is 6.92 Å². The van der Waals surface area contributed by atoms with Gasteiger partial charge in [0.05, 0.1) is 22.2 Å². The summed E-state index contributed by atoms with van der Waals surface area (Å²) in [6.45, 7) is 5.89. The minimum atomic E-state index is -0.0360. The molecule has 1 saturated heterocycles. The number of nitrogens with one attached hydrogen (secondary N) is 1. The molecule has 2 N–H and O–H groups in total. The van der Waals surface area contributed by atoms with Gasteiger partial charge in [0.1, 0.15) is 24.9 Å². The second-order valence-electron chi connectivity index (χ2n) is 7.01. The van der Waals surface area contributed by atoms with Gasteiger partial charge < -0.3 is 19.9 Å². The number of fused-ring (bicyclic) bond motifs is 1. The summed E-state index contributed by atoms with van der Waals surface area (Å²) in [5.74, 6) is 0.908. The summed E-state index contributed by atoms with van der Waals surface area (Å²) in [6.07, 6.45) is 1.41. The smallest absolute Gasteiger partial charge is 0.163 e. The lowest BCUT2D eigenvalue weighted by atomic mass is 10.2. The van der Waals surface area contributed by atoms with E-state index in [1.165, 1.54) is 6.33 Å². The Hall–Kier alpha value is -2.32. The third-order valence-corrected chi connectivity index (χ3v) is 5.73. The van der Waals surface area contributed by atoms with Crippen LogP contribution in [0.3, 0.4) is 0 Å². The highest BCUT2D eigenvalue weighted by molar-refractivity contribution is 6.42. The van der Waals surface area contributed by atoms with Crippen LogP contribution < -0.4 is 10.1 Å². The Morgan fingerprint density at radius 1 is 1.23 bits per heavy atom. The van der Waals surface area contributed by atoms with E-state index in [1.807, 2.05) is 0 Å². The zero-order valence-electron chi connectivity index (χ0n) is 16.4. The molecule has 1 aliphatic rings. The number of anilines is 2. The fourth-order valence-corrected chi connectivity index (χ4v) is 3.65. The van der Waals surface area contributed by atoms with E-state index in [0.29, 0.717) is 45.7 Å². The number of aromatic nitrogens is 2. The number of hydrogen-bond acceptors (Lipinski definition) is 7. The SMILES string of the molecule is CCN1CCOC(COc2cc3ncnc(Nc4ccc(Cl)c(Cl)c4)c3cc2O)C1. The molecular weight excluding hydrogens is 427 g/mol. The lowest BCUT2D eigenvalue weighted by Crippen LogP contribution is -2.44. The second kappa shape index (κ2) is 9.22. The van der Waals surface area contributed by atoms with Crippen LogP contribution in [-0.2, 0) is 4.74 Å². The molecule has 1 atom stereocenters. The molecule has 7 nitrogen and oxygen atoms in total. The average Bonchev–Trinajstić information content (AvgIpc) is 2.75. The van der Waals surface area contributed by atoms with Crippen molar-refractivity contribution >= 4 is 45.6 Å². The largest absolute Gasteiger partial charge is 0.504 e. The summed E-state index contributed by atoms with van der Waals surface area (Å²) >= 11 is 12.1. The van der Waals surface area contributed by atoms with Crippen molar-refractivity contribution in [2.24, 2.45) is 0 Å². The van der Waals surface area contributed by atoms with Gasteiger partial charge in [-0.25, -0.2) is 9.97 Å². The van der Waals surface area contributed by atoms with Crippen LogP contribution in [0.2, 0.25) is 10.0 Å². The van der Waals surface area contributed by atoms with Gasteiger partial charge in [0.15, 0.2) is 11.5 Å². The number of morpholine rings is 1. The normalized spacial score (nSPS) is 17.2. The van der Waals surface area contributed by atoms with Crippen molar-refractivity contribution in [2.75, 3.05) is 38.2 Å². The van der Waals surface area contributed by atoms with Gasteiger partial charge in [-0.15, -0.1) is 0 Å². The number of phenolic OH excluding ortho intramolecular Hbond substituents is 1. The molecule has 2 heterocycles. The van der Waals surface area contributed by atoms with Gasteiger partial charge in [-0.3, -0.25) is 4.90 Å². The van der Waals surface area contributed by atoms with E-state index in [-0.39, 0.29) is 11.9 Å². The van der Waals surface area contributed by atoms with Crippen molar-refractivity contribution in [1.82, 2.24) is 14.9 Å². The molecule has 1 fully saturated rings. The number of benzene rings is 2. The first-order valence-electron chi connectivity index (χ1n) is 9.70. The average molecular weight is 449 g/mol. The molecule has 2 aromatic carbocycles. The fraction of sp³-hybridized carbons (Fsp3) is 0.333. The quantitative estimate of drug-likeness (QED) is 0.574. The third-order valence-electron chi connectivity index (χ3n) is 4.99. The van der Waals surface area contributed by atoms with Crippen LogP contribution >= 0.6 is 23.2 Å². The Morgan fingerprint density at radius 2 is 2.10 bits per heavy atom. The Labute approximate surface area is 184 Å². The van der Waals surface area contributed by atoms with Crippen molar-refractivity contribution in [1.29, 1.82) is 0 Å². The molecule has 0 amide bonds. The maximum Gasteiger partial charge on any atom is 0.163 e. The van der Waals surface area contributed by atoms with Gasteiger partial charge in [0.25, 0.3) is 0 Å². The summed E-state index contributed by atoms with van der Waals surface area (Å²) in [6, 6.07) is 8.49. The van der Waals surface area contributed by atoms with Crippen LogP contribution in [0.5, 0.6) is 11.5 Å². The van der Waals surface area contributed by atoms with Crippen molar-refractivity contribution in [3.05, 3.63) is 46.7 Å². The summed E-state index contributed by atoms with van der Waals surface area (Å²) in [4.78, 5) is 10.9. The summed E-state index contributed by atoms with van der Waals surface area (Å²) < 4.78 is 11.6. The van der Waals surface area contributed by atoms with E-state index in [4.69, 9.17) is 32.7 Å². The van der Waals surface area contributed by atoms with E-state index < -0.39 is 0 Å². The predicted octanol–water partition coefficient (Wildman–Crippen LogP) is 4.49. The third kappa shape index (κ3) is 4.70. The lowest BCUT2D eigenvalue weighted by Gasteiger charge is -2.31. The Balaban J connectivity index is 1.53. The van der Waals surface area contributed by atoms with Crippen molar-refractivity contribution < 1.29 is 14.6 Å².